The van der Waals surface area contributed by atoms with Gasteiger partial charge in [0.2, 0.25) is 5.91 Å². The van der Waals surface area contributed by atoms with Gasteiger partial charge in [0, 0.05) is 12.1 Å². The second-order valence-electron chi connectivity index (χ2n) is 5.34. The van der Waals surface area contributed by atoms with E-state index in [-0.39, 0.29) is 18.0 Å². The van der Waals surface area contributed by atoms with E-state index < -0.39 is 0 Å². The quantitative estimate of drug-likeness (QED) is 0.761. The number of amides is 1. The molecule has 0 aliphatic rings. The van der Waals surface area contributed by atoms with Crippen molar-refractivity contribution in [3.8, 4) is 5.75 Å². The molecule has 0 radical (unpaired) electrons. The van der Waals surface area contributed by atoms with E-state index in [0.717, 1.165) is 24.2 Å². The van der Waals surface area contributed by atoms with Gasteiger partial charge in [-0.3, -0.25) is 4.79 Å². The number of carbonyl (C=O) groups excluding carboxylic acids is 1. The molecule has 0 bridgehead atoms. The van der Waals surface area contributed by atoms with Crippen LogP contribution >= 0.6 is 0 Å². The third-order valence-electron chi connectivity index (χ3n) is 3.93. The highest BCUT2D eigenvalue weighted by molar-refractivity contribution is 5.79. The maximum atomic E-state index is 12.6. The molecule has 1 amide bonds. The maximum Gasteiger partial charge on any atom is 0.227 e. The van der Waals surface area contributed by atoms with Gasteiger partial charge >= 0.3 is 0 Å². The van der Waals surface area contributed by atoms with Crippen LogP contribution < -0.4 is 4.74 Å². The van der Waals surface area contributed by atoms with Crippen LogP contribution in [0.25, 0.3) is 0 Å². The van der Waals surface area contributed by atoms with Gasteiger partial charge in [0.25, 0.3) is 0 Å². The van der Waals surface area contributed by atoms with Crippen LogP contribution in [0.1, 0.15) is 46.1 Å². The summed E-state index contributed by atoms with van der Waals surface area (Å²) < 4.78 is 5.14. The fourth-order valence-electron chi connectivity index (χ4n) is 2.33. The normalized spacial score (nSPS) is 13.7. The highest BCUT2D eigenvalue weighted by Gasteiger charge is 2.23. The summed E-state index contributed by atoms with van der Waals surface area (Å²) >= 11 is 0. The molecule has 0 aromatic heterocycles. The number of hydrogen-bond acceptors (Lipinski definition) is 2. The van der Waals surface area contributed by atoms with Gasteiger partial charge in [-0.2, -0.15) is 0 Å². The second kappa shape index (κ2) is 7.93. The molecule has 112 valence electrons. The Bertz CT molecular complexity index is 404. The number of carbonyl (C=O) groups is 1. The first-order chi connectivity index (χ1) is 9.53. The third-order valence-corrected chi connectivity index (χ3v) is 3.93. The molecule has 0 aliphatic carbocycles. The highest BCUT2D eigenvalue weighted by Crippen LogP contribution is 2.16. The summed E-state index contributed by atoms with van der Waals surface area (Å²) in [5, 5.41) is 0. The number of ether oxygens (including phenoxy) is 1. The van der Waals surface area contributed by atoms with Gasteiger partial charge in [0.1, 0.15) is 5.75 Å². The summed E-state index contributed by atoms with van der Waals surface area (Å²) in [5.74, 6) is 1.03. The Labute approximate surface area is 122 Å². The van der Waals surface area contributed by atoms with Crippen LogP contribution in [0.3, 0.4) is 0 Å². The summed E-state index contributed by atoms with van der Waals surface area (Å²) in [4.78, 5) is 14.6. The zero-order valence-corrected chi connectivity index (χ0v) is 13.3. The van der Waals surface area contributed by atoms with E-state index in [2.05, 4.69) is 27.7 Å². The second-order valence-corrected chi connectivity index (χ2v) is 5.34. The van der Waals surface area contributed by atoms with Gasteiger partial charge < -0.3 is 9.64 Å². The lowest BCUT2D eigenvalue weighted by molar-refractivity contribution is -0.134. The lowest BCUT2D eigenvalue weighted by atomic mass is 10.1. The topological polar surface area (TPSA) is 29.5 Å². The minimum atomic E-state index is 0.207. The van der Waals surface area contributed by atoms with E-state index in [9.17, 15) is 4.79 Å². The number of hydrogen-bond donors (Lipinski definition) is 0. The van der Waals surface area contributed by atoms with Crippen molar-refractivity contribution in [2.24, 2.45) is 0 Å². The molecule has 3 heteroatoms. The Balaban J connectivity index is 2.79. The van der Waals surface area contributed by atoms with Gasteiger partial charge in [-0.25, -0.2) is 0 Å². The van der Waals surface area contributed by atoms with Crippen LogP contribution in [0.5, 0.6) is 5.75 Å². The number of benzene rings is 1. The average molecular weight is 277 g/mol. The maximum absolute atomic E-state index is 12.6. The molecule has 1 aromatic rings. The lowest BCUT2D eigenvalue weighted by Crippen LogP contribution is -2.45. The average Bonchev–Trinajstić information content (AvgIpc) is 2.47. The van der Waals surface area contributed by atoms with Crippen molar-refractivity contribution in [2.75, 3.05) is 7.11 Å². The van der Waals surface area contributed by atoms with Crippen LogP contribution in [0.15, 0.2) is 24.3 Å². The van der Waals surface area contributed by atoms with E-state index in [0.29, 0.717) is 6.42 Å². The summed E-state index contributed by atoms with van der Waals surface area (Å²) in [6.45, 7) is 8.50. The minimum Gasteiger partial charge on any atom is -0.497 e. The summed E-state index contributed by atoms with van der Waals surface area (Å²) in [5.41, 5.74) is 1.03. The van der Waals surface area contributed by atoms with E-state index >= 15 is 0 Å². The molecule has 2 unspecified atom stereocenters. The van der Waals surface area contributed by atoms with Crippen LogP contribution in [0, 0.1) is 0 Å². The van der Waals surface area contributed by atoms with Crippen molar-refractivity contribution in [1.29, 1.82) is 0 Å². The molecule has 2 atom stereocenters. The molecule has 20 heavy (non-hydrogen) atoms. The molecule has 0 saturated carbocycles. The van der Waals surface area contributed by atoms with Gasteiger partial charge in [0.05, 0.1) is 13.5 Å². The third kappa shape index (κ3) is 4.26. The zero-order valence-electron chi connectivity index (χ0n) is 13.3. The van der Waals surface area contributed by atoms with Crippen LogP contribution in [0.4, 0.5) is 0 Å². The van der Waals surface area contributed by atoms with Gasteiger partial charge in [-0.1, -0.05) is 26.0 Å². The predicted molar refractivity (Wildman–Crippen MR) is 83.1 cm³/mol. The number of rotatable bonds is 7. The Morgan fingerprint density at radius 3 is 2.00 bits per heavy atom. The fraction of sp³-hybridized carbons (Fsp3) is 0.588. The van der Waals surface area contributed by atoms with Gasteiger partial charge in [-0.05, 0) is 44.4 Å². The number of nitrogens with zero attached hydrogens (tertiary/aromatic N) is 1. The smallest absolute Gasteiger partial charge is 0.227 e. The largest absolute Gasteiger partial charge is 0.497 e. The monoisotopic (exact) mass is 277 g/mol. The van der Waals surface area contributed by atoms with Crippen molar-refractivity contribution >= 4 is 5.91 Å². The van der Waals surface area contributed by atoms with Crippen LogP contribution in [0.2, 0.25) is 0 Å². The zero-order chi connectivity index (χ0) is 15.1. The van der Waals surface area contributed by atoms with Crippen molar-refractivity contribution < 1.29 is 9.53 Å². The van der Waals surface area contributed by atoms with Crippen LogP contribution in [-0.4, -0.2) is 30.0 Å². The first-order valence-corrected chi connectivity index (χ1v) is 7.47. The first kappa shape index (κ1) is 16.5. The van der Waals surface area contributed by atoms with Crippen molar-refractivity contribution in [3.63, 3.8) is 0 Å². The molecule has 0 N–H and O–H groups in total. The Hall–Kier alpha value is -1.51. The molecule has 1 rings (SSSR count). The summed E-state index contributed by atoms with van der Waals surface area (Å²) in [7, 11) is 1.65. The minimum absolute atomic E-state index is 0.207. The Morgan fingerprint density at radius 1 is 1.10 bits per heavy atom. The van der Waals surface area contributed by atoms with E-state index in [1.54, 1.807) is 7.11 Å². The summed E-state index contributed by atoms with van der Waals surface area (Å²) in [6.07, 6.45) is 2.43. The molecule has 0 heterocycles. The number of methoxy groups -OCH3 is 1. The van der Waals surface area contributed by atoms with Crippen molar-refractivity contribution in [1.82, 2.24) is 4.90 Å². The lowest BCUT2D eigenvalue weighted by Gasteiger charge is -2.34. The molecule has 3 nitrogen and oxygen atoms in total. The van der Waals surface area contributed by atoms with Crippen molar-refractivity contribution in [3.05, 3.63) is 29.8 Å². The van der Waals surface area contributed by atoms with E-state index in [1.165, 1.54) is 0 Å². The molecule has 0 saturated heterocycles. The Morgan fingerprint density at radius 2 is 1.60 bits per heavy atom. The van der Waals surface area contributed by atoms with Crippen molar-refractivity contribution in [2.45, 2.75) is 59.0 Å². The Kier molecular flexibility index (Phi) is 6.56. The van der Waals surface area contributed by atoms with Gasteiger partial charge in [-0.15, -0.1) is 0 Å². The predicted octanol–water partition coefficient (Wildman–Crippen LogP) is 3.66. The standard InChI is InChI=1S/C17H27NO2/c1-6-13(3)18(14(4)7-2)17(19)12-15-8-10-16(20-5)11-9-15/h8-11,13-14H,6-7,12H2,1-5H3. The van der Waals surface area contributed by atoms with E-state index in [1.807, 2.05) is 29.2 Å². The molecular formula is C17H27NO2. The van der Waals surface area contributed by atoms with Crippen LogP contribution in [-0.2, 0) is 11.2 Å². The first-order valence-electron chi connectivity index (χ1n) is 7.47. The summed E-state index contributed by atoms with van der Waals surface area (Å²) in [6, 6.07) is 8.30. The SMILES string of the molecule is CCC(C)N(C(=O)Cc1ccc(OC)cc1)C(C)CC. The molecule has 1 aromatic carbocycles. The van der Waals surface area contributed by atoms with Gasteiger partial charge in [0.15, 0.2) is 0 Å². The molecule has 0 aliphatic heterocycles. The molecule has 0 fully saturated rings. The highest BCUT2D eigenvalue weighted by atomic mass is 16.5. The fourth-order valence-corrected chi connectivity index (χ4v) is 2.33. The molecule has 0 spiro atoms. The molecular weight excluding hydrogens is 250 g/mol. The van der Waals surface area contributed by atoms with E-state index in [4.69, 9.17) is 4.74 Å².